The molecule has 0 saturated heterocycles. The molecule has 0 bridgehead atoms. The van der Waals surface area contributed by atoms with Gasteiger partial charge in [-0.3, -0.25) is 9.79 Å². The van der Waals surface area contributed by atoms with Gasteiger partial charge in [0.15, 0.2) is 5.78 Å². The van der Waals surface area contributed by atoms with Crippen LogP contribution >= 0.6 is 0 Å². The van der Waals surface area contributed by atoms with Gasteiger partial charge in [0.2, 0.25) is 0 Å². The zero-order chi connectivity index (χ0) is 8.27. The van der Waals surface area contributed by atoms with Gasteiger partial charge in [-0.2, -0.15) is 0 Å². The molecule has 58 valence electrons. The number of nitrogens with zero attached hydrogens (tertiary/aromatic N) is 1. The van der Waals surface area contributed by atoms with Crippen LogP contribution in [0, 0.1) is 0 Å². The van der Waals surface area contributed by atoms with E-state index in [1.807, 2.05) is 0 Å². The number of hydrogen-bond donors (Lipinski definition) is 0. The first kappa shape index (κ1) is 7.72. The number of ether oxygens (including phenoxy) is 1. The third kappa shape index (κ3) is 1.55. The van der Waals surface area contributed by atoms with Gasteiger partial charge in [0.25, 0.3) is 0 Å². The molecule has 0 amide bonds. The minimum absolute atomic E-state index is 0.0609. The average molecular weight is 151 g/mol. The van der Waals surface area contributed by atoms with Crippen molar-refractivity contribution >= 4 is 11.5 Å². The third-order valence-corrected chi connectivity index (χ3v) is 1.39. The number of methoxy groups -OCH3 is 1. The van der Waals surface area contributed by atoms with E-state index >= 15 is 0 Å². The molecule has 0 saturated carbocycles. The molecular weight excluding hydrogens is 142 g/mol. The van der Waals surface area contributed by atoms with E-state index in [9.17, 15) is 4.79 Å². The Morgan fingerprint density at radius 1 is 1.45 bits per heavy atom. The van der Waals surface area contributed by atoms with Crippen LogP contribution in [0.15, 0.2) is 29.0 Å². The molecule has 3 nitrogen and oxygen atoms in total. The lowest BCUT2D eigenvalue weighted by atomic mass is 10.1. The Bertz CT molecular complexity index is 261. The molecule has 0 spiro atoms. The van der Waals surface area contributed by atoms with Gasteiger partial charge < -0.3 is 4.74 Å². The van der Waals surface area contributed by atoms with Crippen molar-refractivity contribution in [3.05, 3.63) is 24.0 Å². The second-order valence-corrected chi connectivity index (χ2v) is 2.06. The number of carbonyl (C=O) groups is 1. The highest BCUT2D eigenvalue weighted by molar-refractivity contribution is 6.18. The molecule has 0 aliphatic heterocycles. The number of ketones is 1. The Balaban J connectivity index is 2.95. The monoisotopic (exact) mass is 151 g/mol. The second-order valence-electron chi connectivity index (χ2n) is 2.06. The molecule has 0 aromatic carbocycles. The second kappa shape index (κ2) is 3.14. The van der Waals surface area contributed by atoms with Gasteiger partial charge in [0.1, 0.15) is 5.76 Å². The number of allylic oxidation sites excluding steroid dienone is 3. The Morgan fingerprint density at radius 2 is 2.18 bits per heavy atom. The summed E-state index contributed by atoms with van der Waals surface area (Å²) in [6, 6.07) is 0. The quantitative estimate of drug-likeness (QED) is 0.518. The summed E-state index contributed by atoms with van der Waals surface area (Å²) in [6.45, 7) is 0. The minimum Gasteiger partial charge on any atom is -0.494 e. The smallest absolute Gasteiger partial charge is 0.182 e. The van der Waals surface area contributed by atoms with Crippen LogP contribution in [0.25, 0.3) is 0 Å². The largest absolute Gasteiger partial charge is 0.494 e. The highest BCUT2D eigenvalue weighted by atomic mass is 16.5. The van der Waals surface area contributed by atoms with Crippen molar-refractivity contribution in [2.45, 2.75) is 0 Å². The Labute approximate surface area is 65.1 Å². The molecule has 0 aromatic rings. The molecule has 0 atom stereocenters. The molecule has 1 aliphatic carbocycles. The lowest BCUT2D eigenvalue weighted by molar-refractivity contribution is -0.110. The van der Waals surface area contributed by atoms with Gasteiger partial charge in [0, 0.05) is 13.1 Å². The van der Waals surface area contributed by atoms with Crippen LogP contribution in [0.3, 0.4) is 0 Å². The summed E-state index contributed by atoms with van der Waals surface area (Å²) < 4.78 is 4.92. The number of hydrogen-bond acceptors (Lipinski definition) is 3. The molecule has 0 aromatic heterocycles. The van der Waals surface area contributed by atoms with E-state index in [1.165, 1.54) is 19.3 Å². The van der Waals surface area contributed by atoms with Gasteiger partial charge in [0.05, 0.1) is 12.8 Å². The maximum Gasteiger partial charge on any atom is 0.182 e. The van der Waals surface area contributed by atoms with Crippen LogP contribution in [0.5, 0.6) is 0 Å². The fourth-order valence-corrected chi connectivity index (χ4v) is 0.843. The maximum absolute atomic E-state index is 10.8. The summed E-state index contributed by atoms with van der Waals surface area (Å²) >= 11 is 0. The Kier molecular flexibility index (Phi) is 2.21. The molecule has 0 fully saturated rings. The van der Waals surface area contributed by atoms with Crippen molar-refractivity contribution in [3.8, 4) is 0 Å². The van der Waals surface area contributed by atoms with E-state index in [0.29, 0.717) is 11.5 Å². The first-order valence-electron chi connectivity index (χ1n) is 3.23. The number of aliphatic imine (C=N–C) groups is 1. The normalized spacial score (nSPS) is 20.4. The van der Waals surface area contributed by atoms with Crippen molar-refractivity contribution < 1.29 is 9.53 Å². The fourth-order valence-electron chi connectivity index (χ4n) is 0.843. The van der Waals surface area contributed by atoms with Crippen molar-refractivity contribution in [3.63, 3.8) is 0 Å². The van der Waals surface area contributed by atoms with Crippen LogP contribution in [0.1, 0.15) is 0 Å². The first-order valence-corrected chi connectivity index (χ1v) is 3.23. The van der Waals surface area contributed by atoms with Crippen molar-refractivity contribution in [1.29, 1.82) is 0 Å². The van der Waals surface area contributed by atoms with E-state index in [-0.39, 0.29) is 5.78 Å². The van der Waals surface area contributed by atoms with Crippen molar-refractivity contribution in [2.24, 2.45) is 4.99 Å². The predicted molar refractivity (Wildman–Crippen MR) is 42.6 cm³/mol. The third-order valence-electron chi connectivity index (χ3n) is 1.39. The van der Waals surface area contributed by atoms with Crippen molar-refractivity contribution in [1.82, 2.24) is 0 Å². The summed E-state index contributed by atoms with van der Waals surface area (Å²) in [6.07, 6.45) is 4.52. The molecule has 0 heterocycles. The molecule has 0 N–H and O–H groups in total. The number of rotatable bonds is 1. The van der Waals surface area contributed by atoms with Gasteiger partial charge in [-0.15, -0.1) is 0 Å². The van der Waals surface area contributed by atoms with E-state index in [0.717, 1.165) is 0 Å². The van der Waals surface area contributed by atoms with E-state index in [4.69, 9.17) is 4.74 Å². The van der Waals surface area contributed by atoms with E-state index in [2.05, 4.69) is 4.99 Å². The number of carbonyl (C=O) groups excluding carboxylic acids is 1. The Hall–Kier alpha value is -1.38. The first-order chi connectivity index (χ1) is 5.27. The van der Waals surface area contributed by atoms with E-state index in [1.54, 1.807) is 13.1 Å². The molecule has 1 aliphatic rings. The average Bonchev–Trinajstić information content (AvgIpc) is 2.04. The highest BCUT2D eigenvalue weighted by Crippen LogP contribution is 2.06. The van der Waals surface area contributed by atoms with Crippen LogP contribution in [0.4, 0.5) is 0 Å². The zero-order valence-electron chi connectivity index (χ0n) is 6.50. The molecule has 0 radical (unpaired) electrons. The Morgan fingerprint density at radius 3 is 2.73 bits per heavy atom. The lowest BCUT2D eigenvalue weighted by Gasteiger charge is -2.07. The standard InChI is InChI=1S/C8H9NO2/c1-9-7-4-3-6(10)5-8(7)11-2/h3-5H,1-2H3. The summed E-state index contributed by atoms with van der Waals surface area (Å²) in [7, 11) is 3.17. The van der Waals surface area contributed by atoms with E-state index < -0.39 is 0 Å². The SMILES string of the molecule is CN=C1C=CC(=O)C=C1OC. The maximum atomic E-state index is 10.8. The molecule has 11 heavy (non-hydrogen) atoms. The molecular formula is C8H9NO2. The molecule has 1 rings (SSSR count). The highest BCUT2D eigenvalue weighted by Gasteiger charge is 2.09. The van der Waals surface area contributed by atoms with Gasteiger partial charge >= 0.3 is 0 Å². The fraction of sp³-hybridized carbons (Fsp3) is 0.250. The van der Waals surface area contributed by atoms with Gasteiger partial charge in [-0.1, -0.05) is 0 Å². The van der Waals surface area contributed by atoms with Gasteiger partial charge in [-0.05, 0) is 12.2 Å². The predicted octanol–water partition coefficient (Wildman–Crippen LogP) is 0.726. The minimum atomic E-state index is -0.0609. The van der Waals surface area contributed by atoms with Crippen LogP contribution in [-0.2, 0) is 9.53 Å². The molecule has 0 unspecified atom stereocenters. The topological polar surface area (TPSA) is 38.7 Å². The molecule has 3 heteroatoms. The zero-order valence-corrected chi connectivity index (χ0v) is 6.50. The van der Waals surface area contributed by atoms with Crippen LogP contribution in [-0.4, -0.2) is 25.7 Å². The summed E-state index contributed by atoms with van der Waals surface area (Å²) in [4.78, 5) is 14.7. The summed E-state index contributed by atoms with van der Waals surface area (Å²) in [5.74, 6) is 0.467. The summed E-state index contributed by atoms with van der Waals surface area (Å²) in [5.41, 5.74) is 0.701. The van der Waals surface area contributed by atoms with Crippen LogP contribution < -0.4 is 0 Å². The van der Waals surface area contributed by atoms with Crippen LogP contribution in [0.2, 0.25) is 0 Å². The lowest BCUT2D eigenvalue weighted by Crippen LogP contribution is -2.09. The summed E-state index contributed by atoms with van der Waals surface area (Å²) in [5, 5.41) is 0. The van der Waals surface area contributed by atoms with Gasteiger partial charge in [-0.25, -0.2) is 0 Å². The van der Waals surface area contributed by atoms with Crippen molar-refractivity contribution in [2.75, 3.05) is 14.2 Å².